The van der Waals surface area contributed by atoms with Gasteiger partial charge in [-0.05, 0) is 57.3 Å². The maximum absolute atomic E-state index is 12.2. The first-order valence-corrected chi connectivity index (χ1v) is 7.83. The molecule has 0 aliphatic heterocycles. The molecule has 2 heterocycles. The third kappa shape index (κ3) is 2.18. The molecule has 5 heteroatoms. The molecular weight excluding hydrogens is 372 g/mol. The minimum atomic E-state index is 0.101. The van der Waals surface area contributed by atoms with Gasteiger partial charge in [0.1, 0.15) is 0 Å². The predicted molar refractivity (Wildman–Crippen MR) is 76.9 cm³/mol. The topological polar surface area (TPSA) is 17.1 Å². The zero-order valence-corrected chi connectivity index (χ0v) is 13.4. The van der Waals surface area contributed by atoms with E-state index in [-0.39, 0.29) is 5.78 Å². The van der Waals surface area contributed by atoms with Crippen LogP contribution >= 0.6 is 54.5 Å². The van der Waals surface area contributed by atoms with Crippen LogP contribution in [0.5, 0.6) is 0 Å². The monoisotopic (exact) mass is 378 g/mol. The van der Waals surface area contributed by atoms with Gasteiger partial charge >= 0.3 is 0 Å². The van der Waals surface area contributed by atoms with E-state index in [1.54, 1.807) is 11.3 Å². The lowest BCUT2D eigenvalue weighted by molar-refractivity contribution is 0.104. The van der Waals surface area contributed by atoms with E-state index in [0.29, 0.717) is 0 Å². The van der Waals surface area contributed by atoms with Gasteiger partial charge in [-0.3, -0.25) is 4.79 Å². The van der Waals surface area contributed by atoms with Gasteiger partial charge in [0, 0.05) is 14.7 Å². The van der Waals surface area contributed by atoms with Crippen molar-refractivity contribution in [2.45, 2.75) is 13.8 Å². The van der Waals surface area contributed by atoms with Crippen LogP contribution < -0.4 is 0 Å². The second-order valence-corrected chi connectivity index (χ2v) is 7.19. The van der Waals surface area contributed by atoms with Crippen LogP contribution in [0, 0.1) is 13.8 Å². The molecule has 0 fully saturated rings. The summed E-state index contributed by atoms with van der Waals surface area (Å²) in [6.45, 7) is 4.07. The number of carbonyl (C=O) groups excluding carboxylic acids is 1. The summed E-state index contributed by atoms with van der Waals surface area (Å²) >= 11 is 9.83. The summed E-state index contributed by atoms with van der Waals surface area (Å²) in [5, 5.41) is 1.92. The normalized spacial score (nSPS) is 10.8. The molecule has 0 amide bonds. The molecule has 0 saturated heterocycles. The fourth-order valence-electron chi connectivity index (χ4n) is 1.27. The van der Waals surface area contributed by atoms with Crippen molar-refractivity contribution >= 4 is 60.3 Å². The van der Waals surface area contributed by atoms with Gasteiger partial charge in [-0.1, -0.05) is 0 Å². The van der Waals surface area contributed by atoms with Crippen molar-refractivity contribution in [1.82, 2.24) is 0 Å². The van der Waals surface area contributed by atoms with Crippen LogP contribution in [0.2, 0.25) is 0 Å². The third-order valence-electron chi connectivity index (χ3n) is 2.29. The Bertz CT molecular complexity index is 535. The van der Waals surface area contributed by atoms with E-state index < -0.39 is 0 Å². The van der Waals surface area contributed by atoms with Crippen molar-refractivity contribution in [1.29, 1.82) is 0 Å². The van der Waals surface area contributed by atoms with E-state index in [9.17, 15) is 4.79 Å². The Morgan fingerprint density at radius 2 is 2.00 bits per heavy atom. The molecule has 84 valence electrons. The van der Waals surface area contributed by atoms with Crippen molar-refractivity contribution in [2.75, 3.05) is 0 Å². The van der Waals surface area contributed by atoms with E-state index in [2.05, 4.69) is 31.9 Å². The Balaban J connectivity index is 2.43. The average molecular weight is 380 g/mol. The number of rotatable bonds is 2. The van der Waals surface area contributed by atoms with Gasteiger partial charge in [0.25, 0.3) is 0 Å². The maximum Gasteiger partial charge on any atom is 0.214 e. The zero-order valence-electron chi connectivity index (χ0n) is 8.64. The predicted octanol–water partition coefficient (Wildman–Crippen LogP) is 5.18. The fourth-order valence-corrected chi connectivity index (χ4v) is 4.42. The summed E-state index contributed by atoms with van der Waals surface area (Å²) in [5.74, 6) is 0.101. The highest BCUT2D eigenvalue weighted by molar-refractivity contribution is 9.13. The van der Waals surface area contributed by atoms with E-state index in [0.717, 1.165) is 18.7 Å². The van der Waals surface area contributed by atoms with E-state index in [4.69, 9.17) is 0 Å². The van der Waals surface area contributed by atoms with E-state index in [1.807, 2.05) is 25.3 Å². The van der Waals surface area contributed by atoms with Gasteiger partial charge < -0.3 is 0 Å². The second kappa shape index (κ2) is 4.72. The van der Waals surface area contributed by atoms with Crippen LogP contribution in [0.15, 0.2) is 20.4 Å². The quantitative estimate of drug-likeness (QED) is 0.656. The molecule has 0 aromatic carbocycles. The minimum Gasteiger partial charge on any atom is -0.287 e. The van der Waals surface area contributed by atoms with Crippen molar-refractivity contribution in [3.05, 3.63) is 40.6 Å². The van der Waals surface area contributed by atoms with Gasteiger partial charge in [-0.2, -0.15) is 0 Å². The number of halogens is 2. The Morgan fingerprint density at radius 3 is 2.44 bits per heavy atom. The van der Waals surface area contributed by atoms with Crippen LogP contribution in [0.25, 0.3) is 0 Å². The molecule has 1 nitrogen and oxygen atoms in total. The molecule has 0 bridgehead atoms. The summed E-state index contributed by atoms with van der Waals surface area (Å²) in [5.41, 5.74) is 1.18. The molecule has 16 heavy (non-hydrogen) atoms. The lowest BCUT2D eigenvalue weighted by Crippen LogP contribution is -1.95. The SMILES string of the molecule is Cc1cc(C(=O)c2scc(Br)c2Br)sc1C. The fraction of sp³-hybridized carbons (Fsp3) is 0.182. The van der Waals surface area contributed by atoms with Crippen molar-refractivity contribution in [2.24, 2.45) is 0 Å². The molecule has 2 rings (SSSR count). The summed E-state index contributed by atoms with van der Waals surface area (Å²) in [6.07, 6.45) is 0. The molecule has 0 radical (unpaired) electrons. The van der Waals surface area contributed by atoms with Gasteiger partial charge in [-0.25, -0.2) is 0 Å². The molecule has 0 atom stereocenters. The summed E-state index contributed by atoms with van der Waals surface area (Å²) < 4.78 is 1.79. The Kier molecular flexibility index (Phi) is 3.69. The summed E-state index contributed by atoms with van der Waals surface area (Å²) in [7, 11) is 0. The molecule has 0 N–H and O–H groups in total. The van der Waals surface area contributed by atoms with Crippen LogP contribution in [0.4, 0.5) is 0 Å². The van der Waals surface area contributed by atoms with E-state index in [1.165, 1.54) is 21.8 Å². The molecule has 0 aliphatic carbocycles. The smallest absolute Gasteiger partial charge is 0.214 e. The van der Waals surface area contributed by atoms with Crippen LogP contribution in [-0.2, 0) is 0 Å². The van der Waals surface area contributed by atoms with Crippen LogP contribution in [-0.4, -0.2) is 5.78 Å². The lowest BCUT2D eigenvalue weighted by Gasteiger charge is -1.94. The Morgan fingerprint density at radius 1 is 1.31 bits per heavy atom. The average Bonchev–Trinajstić information content (AvgIpc) is 2.73. The number of hydrogen-bond acceptors (Lipinski definition) is 3. The number of carbonyl (C=O) groups is 1. The number of hydrogen-bond donors (Lipinski definition) is 0. The highest BCUT2D eigenvalue weighted by Crippen LogP contribution is 2.35. The summed E-state index contributed by atoms with van der Waals surface area (Å²) in [6, 6.07) is 1.96. The molecule has 2 aromatic rings. The van der Waals surface area contributed by atoms with Crippen molar-refractivity contribution < 1.29 is 4.79 Å². The van der Waals surface area contributed by atoms with Gasteiger partial charge in [0.15, 0.2) is 0 Å². The largest absolute Gasteiger partial charge is 0.287 e. The minimum absolute atomic E-state index is 0.101. The van der Waals surface area contributed by atoms with Crippen LogP contribution in [0.3, 0.4) is 0 Å². The molecule has 0 unspecified atom stereocenters. The van der Waals surface area contributed by atoms with Gasteiger partial charge in [-0.15, -0.1) is 22.7 Å². The Hall–Kier alpha value is 0.0300. The zero-order chi connectivity index (χ0) is 11.9. The standard InChI is InChI=1S/C11H8Br2OS2/c1-5-3-8(16-6(5)2)10(14)11-9(13)7(12)4-15-11/h3-4H,1-2H3. The van der Waals surface area contributed by atoms with Crippen LogP contribution in [0.1, 0.15) is 25.0 Å². The summed E-state index contributed by atoms with van der Waals surface area (Å²) in [4.78, 5) is 15.0. The molecule has 2 aromatic heterocycles. The third-order valence-corrected chi connectivity index (χ3v) is 6.96. The molecule has 0 saturated carbocycles. The number of aryl methyl sites for hydroxylation is 2. The maximum atomic E-state index is 12.2. The van der Waals surface area contributed by atoms with E-state index >= 15 is 0 Å². The van der Waals surface area contributed by atoms with Gasteiger partial charge in [0.2, 0.25) is 5.78 Å². The van der Waals surface area contributed by atoms with Gasteiger partial charge in [0.05, 0.1) is 14.2 Å². The Labute approximate surface area is 119 Å². The highest BCUT2D eigenvalue weighted by atomic mass is 79.9. The lowest BCUT2D eigenvalue weighted by atomic mass is 10.2. The molecule has 0 spiro atoms. The number of ketones is 1. The highest BCUT2D eigenvalue weighted by Gasteiger charge is 2.18. The van der Waals surface area contributed by atoms with Crippen molar-refractivity contribution in [3.63, 3.8) is 0 Å². The number of thiophene rings is 2. The first kappa shape index (κ1) is 12.5. The first-order chi connectivity index (χ1) is 7.50. The second-order valence-electron chi connectivity index (χ2n) is 3.41. The molecular formula is C11H8Br2OS2. The first-order valence-electron chi connectivity index (χ1n) is 4.55. The van der Waals surface area contributed by atoms with Crippen molar-refractivity contribution in [3.8, 4) is 0 Å². The molecule has 0 aliphatic rings.